The van der Waals surface area contributed by atoms with Gasteiger partial charge in [-0.3, -0.25) is 0 Å². The zero-order valence-corrected chi connectivity index (χ0v) is 11.5. The maximum Gasteiger partial charge on any atom is 0.137 e. The highest BCUT2D eigenvalue weighted by Gasteiger charge is 2.24. The van der Waals surface area contributed by atoms with E-state index >= 15 is 0 Å². The molecule has 18 heavy (non-hydrogen) atoms. The van der Waals surface area contributed by atoms with E-state index in [0.717, 1.165) is 49.9 Å². The van der Waals surface area contributed by atoms with Crippen molar-refractivity contribution in [2.75, 3.05) is 5.32 Å². The van der Waals surface area contributed by atoms with Gasteiger partial charge in [-0.25, -0.2) is 9.97 Å². The van der Waals surface area contributed by atoms with Gasteiger partial charge < -0.3 is 10.4 Å². The van der Waals surface area contributed by atoms with Crippen molar-refractivity contribution >= 4 is 17.4 Å². The van der Waals surface area contributed by atoms with Crippen molar-refractivity contribution in [1.29, 1.82) is 0 Å². The number of anilines is 1. The summed E-state index contributed by atoms with van der Waals surface area (Å²) < 4.78 is 0. The van der Waals surface area contributed by atoms with Crippen LogP contribution in [0.2, 0.25) is 5.15 Å². The quantitative estimate of drug-likeness (QED) is 0.826. The normalized spacial score (nSPS) is 23.9. The number of aliphatic hydroxyl groups is 1. The minimum atomic E-state index is -0.290. The van der Waals surface area contributed by atoms with Crippen molar-refractivity contribution in [2.45, 2.75) is 57.6 Å². The molecule has 0 aliphatic heterocycles. The number of hydrogen-bond donors (Lipinski definition) is 2. The lowest BCUT2D eigenvalue weighted by atomic mass is 9.92. The fraction of sp³-hybridized carbons (Fsp3) is 0.692. The van der Waals surface area contributed by atoms with Crippen molar-refractivity contribution in [1.82, 2.24) is 9.97 Å². The Labute approximate surface area is 113 Å². The van der Waals surface area contributed by atoms with Crippen molar-refractivity contribution < 1.29 is 5.11 Å². The fourth-order valence-electron chi connectivity index (χ4n) is 2.44. The molecule has 0 bridgehead atoms. The molecular weight excluding hydrogens is 250 g/mol. The number of hydrogen-bond acceptors (Lipinski definition) is 4. The van der Waals surface area contributed by atoms with Gasteiger partial charge in [0, 0.05) is 5.56 Å². The molecule has 0 saturated heterocycles. The lowest BCUT2D eigenvalue weighted by Crippen LogP contribution is -2.36. The Morgan fingerprint density at radius 3 is 2.89 bits per heavy atom. The molecule has 0 amide bonds. The van der Waals surface area contributed by atoms with Gasteiger partial charge in [-0.1, -0.05) is 37.8 Å². The minimum Gasteiger partial charge on any atom is -0.391 e. The Morgan fingerprint density at radius 1 is 1.39 bits per heavy atom. The molecule has 1 fully saturated rings. The van der Waals surface area contributed by atoms with Crippen LogP contribution in [0.1, 0.15) is 44.6 Å². The summed E-state index contributed by atoms with van der Waals surface area (Å²) in [5.41, 5.74) is 0.958. The van der Waals surface area contributed by atoms with Crippen molar-refractivity contribution in [3.63, 3.8) is 0 Å². The van der Waals surface area contributed by atoms with Gasteiger partial charge in [0.15, 0.2) is 0 Å². The third-order valence-corrected chi connectivity index (χ3v) is 3.77. The van der Waals surface area contributed by atoms with Crippen molar-refractivity contribution in [3.05, 3.63) is 17.0 Å². The lowest BCUT2D eigenvalue weighted by molar-refractivity contribution is 0.116. The van der Waals surface area contributed by atoms with Crippen LogP contribution in [0, 0.1) is 0 Å². The highest BCUT2D eigenvalue weighted by Crippen LogP contribution is 2.26. The maximum absolute atomic E-state index is 9.98. The Bertz CT molecular complexity index is 400. The molecular formula is C13H20ClN3O. The molecule has 100 valence electrons. The molecule has 1 heterocycles. The van der Waals surface area contributed by atoms with Crippen LogP contribution < -0.4 is 5.32 Å². The summed E-state index contributed by atoms with van der Waals surface area (Å²) in [6, 6.07) is 0.0836. The van der Waals surface area contributed by atoms with E-state index < -0.39 is 0 Å². The van der Waals surface area contributed by atoms with Crippen molar-refractivity contribution in [2.24, 2.45) is 0 Å². The molecule has 1 aromatic rings. The summed E-state index contributed by atoms with van der Waals surface area (Å²) in [7, 11) is 0. The third-order valence-electron chi connectivity index (χ3n) is 3.44. The number of halogens is 1. The summed E-state index contributed by atoms with van der Waals surface area (Å²) in [5, 5.41) is 13.8. The van der Waals surface area contributed by atoms with Gasteiger partial charge in [0.1, 0.15) is 17.3 Å². The Balaban J connectivity index is 2.14. The van der Waals surface area contributed by atoms with Crippen LogP contribution in [0.25, 0.3) is 0 Å². The summed E-state index contributed by atoms with van der Waals surface area (Å²) in [4.78, 5) is 8.29. The molecule has 0 spiro atoms. The van der Waals surface area contributed by atoms with E-state index in [1.807, 2.05) is 0 Å². The Hall–Kier alpha value is -0.870. The van der Waals surface area contributed by atoms with Gasteiger partial charge >= 0.3 is 0 Å². The van der Waals surface area contributed by atoms with Crippen LogP contribution >= 0.6 is 11.6 Å². The van der Waals surface area contributed by atoms with E-state index in [1.165, 1.54) is 6.33 Å². The van der Waals surface area contributed by atoms with Gasteiger partial charge in [-0.2, -0.15) is 0 Å². The van der Waals surface area contributed by atoms with E-state index in [9.17, 15) is 5.11 Å². The molecule has 2 rings (SSSR count). The van der Waals surface area contributed by atoms with Crippen LogP contribution in [0.5, 0.6) is 0 Å². The van der Waals surface area contributed by atoms with E-state index in [2.05, 4.69) is 22.2 Å². The fourth-order valence-corrected chi connectivity index (χ4v) is 2.67. The molecule has 0 aromatic carbocycles. The molecule has 1 saturated carbocycles. The number of nitrogens with one attached hydrogen (secondary N) is 1. The predicted molar refractivity (Wildman–Crippen MR) is 72.9 cm³/mol. The molecule has 2 unspecified atom stereocenters. The molecule has 0 radical (unpaired) electrons. The largest absolute Gasteiger partial charge is 0.391 e. The van der Waals surface area contributed by atoms with Gasteiger partial charge in [-0.15, -0.1) is 0 Å². The van der Waals surface area contributed by atoms with Gasteiger partial charge in [0.05, 0.1) is 12.1 Å². The zero-order valence-electron chi connectivity index (χ0n) is 10.7. The highest BCUT2D eigenvalue weighted by atomic mass is 35.5. The van der Waals surface area contributed by atoms with Crippen LogP contribution in [0.4, 0.5) is 5.82 Å². The first kappa shape index (κ1) is 13.6. The minimum absolute atomic E-state index is 0.0836. The first-order valence-corrected chi connectivity index (χ1v) is 7.04. The van der Waals surface area contributed by atoms with Gasteiger partial charge in [0.2, 0.25) is 0 Å². The van der Waals surface area contributed by atoms with Gasteiger partial charge in [0.25, 0.3) is 0 Å². The SMILES string of the molecule is CCCc1c(Cl)ncnc1NC1CCCCC1O. The molecule has 1 aliphatic carbocycles. The molecule has 2 atom stereocenters. The topological polar surface area (TPSA) is 58.0 Å². The second kappa shape index (κ2) is 6.34. The smallest absolute Gasteiger partial charge is 0.137 e. The third kappa shape index (κ3) is 3.12. The molecule has 4 nitrogen and oxygen atoms in total. The highest BCUT2D eigenvalue weighted by molar-refractivity contribution is 6.30. The lowest BCUT2D eigenvalue weighted by Gasteiger charge is -2.29. The predicted octanol–water partition coefficient (Wildman–Crippen LogP) is 2.80. The van der Waals surface area contributed by atoms with Crippen LogP contribution in [-0.2, 0) is 6.42 Å². The molecule has 2 N–H and O–H groups in total. The number of aliphatic hydroxyl groups excluding tert-OH is 1. The summed E-state index contributed by atoms with van der Waals surface area (Å²) >= 11 is 6.11. The van der Waals surface area contributed by atoms with Crippen LogP contribution in [-0.4, -0.2) is 27.2 Å². The van der Waals surface area contributed by atoms with Crippen LogP contribution in [0.3, 0.4) is 0 Å². The second-order valence-corrected chi connectivity index (χ2v) is 5.20. The molecule has 5 heteroatoms. The van der Waals surface area contributed by atoms with Crippen molar-refractivity contribution in [3.8, 4) is 0 Å². The average molecular weight is 270 g/mol. The van der Waals surface area contributed by atoms with E-state index in [1.54, 1.807) is 0 Å². The van der Waals surface area contributed by atoms with Crippen LogP contribution in [0.15, 0.2) is 6.33 Å². The standard InChI is InChI=1S/C13H20ClN3O/c1-2-5-9-12(14)15-8-16-13(9)17-10-6-3-4-7-11(10)18/h8,10-11,18H,2-7H2,1H3,(H,15,16,17). The molecule has 1 aromatic heterocycles. The van der Waals surface area contributed by atoms with E-state index in [4.69, 9.17) is 11.6 Å². The molecule has 1 aliphatic rings. The zero-order chi connectivity index (χ0) is 13.0. The first-order valence-electron chi connectivity index (χ1n) is 6.66. The monoisotopic (exact) mass is 269 g/mol. The maximum atomic E-state index is 9.98. The second-order valence-electron chi connectivity index (χ2n) is 4.84. The number of nitrogens with zero attached hydrogens (tertiary/aromatic N) is 2. The summed E-state index contributed by atoms with van der Waals surface area (Å²) in [5.74, 6) is 0.780. The Morgan fingerprint density at radius 2 is 2.17 bits per heavy atom. The number of rotatable bonds is 4. The summed E-state index contributed by atoms with van der Waals surface area (Å²) in [6.45, 7) is 2.10. The van der Waals surface area contributed by atoms with E-state index in [0.29, 0.717) is 5.15 Å². The Kier molecular flexibility index (Phi) is 4.78. The van der Waals surface area contributed by atoms with E-state index in [-0.39, 0.29) is 12.1 Å². The average Bonchev–Trinajstić information content (AvgIpc) is 2.36. The number of aromatic nitrogens is 2. The first-order chi connectivity index (χ1) is 8.72. The summed E-state index contributed by atoms with van der Waals surface area (Å²) in [6.07, 6.45) is 7.12. The van der Waals surface area contributed by atoms with Gasteiger partial charge in [-0.05, 0) is 19.3 Å².